The van der Waals surface area contributed by atoms with E-state index in [2.05, 4.69) is 47.7 Å². The molecule has 3 N–H and O–H groups in total. The van der Waals surface area contributed by atoms with E-state index >= 15 is 0 Å². The maximum Gasteiger partial charge on any atom is 0.323 e. The summed E-state index contributed by atoms with van der Waals surface area (Å²) in [6.07, 6.45) is 5.38. The van der Waals surface area contributed by atoms with Crippen LogP contribution in [-0.2, 0) is 11.2 Å². The molecule has 0 aliphatic carbocycles. The van der Waals surface area contributed by atoms with Gasteiger partial charge in [0, 0.05) is 40.4 Å². The number of likely N-dealkylation sites (tertiary alicyclic amines) is 1. The number of aliphatic carboxylic acids is 1. The smallest absolute Gasteiger partial charge is 0.323 e. The summed E-state index contributed by atoms with van der Waals surface area (Å²) in [6, 6.07) is 18.1. The highest BCUT2D eigenvalue weighted by molar-refractivity contribution is 7.14. The molecule has 228 valence electrons. The Kier molecular flexibility index (Phi) is 10.1. The van der Waals surface area contributed by atoms with Crippen LogP contribution in [0.3, 0.4) is 0 Å². The third-order valence-corrected chi connectivity index (χ3v) is 10.2. The predicted octanol–water partition coefficient (Wildman–Crippen LogP) is 7.69. The number of ketones is 1. The van der Waals surface area contributed by atoms with E-state index < -0.39 is 12.0 Å². The van der Waals surface area contributed by atoms with Crippen molar-refractivity contribution in [3.8, 4) is 0 Å². The Morgan fingerprint density at radius 1 is 0.955 bits per heavy atom. The molecule has 4 heterocycles. The zero-order valence-electron chi connectivity index (χ0n) is 25.0. The number of para-hydroxylation sites is 2. The third-order valence-electron chi connectivity index (χ3n) is 8.11. The summed E-state index contributed by atoms with van der Waals surface area (Å²) in [5, 5.41) is 13.6. The summed E-state index contributed by atoms with van der Waals surface area (Å²) in [5.41, 5.74) is 12.0. The molecule has 9 heteroatoms. The van der Waals surface area contributed by atoms with Crippen LogP contribution in [-0.4, -0.2) is 47.4 Å². The molecule has 2 aromatic heterocycles. The summed E-state index contributed by atoms with van der Waals surface area (Å²) < 4.78 is 0. The van der Waals surface area contributed by atoms with Gasteiger partial charge in [-0.25, -0.2) is 4.79 Å². The fourth-order valence-corrected chi connectivity index (χ4v) is 7.87. The largest absolute Gasteiger partial charge is 0.481 e. The van der Waals surface area contributed by atoms with Crippen molar-refractivity contribution in [1.82, 2.24) is 4.90 Å². The van der Waals surface area contributed by atoms with Gasteiger partial charge in [-0.1, -0.05) is 36.4 Å². The summed E-state index contributed by atoms with van der Waals surface area (Å²) >= 11 is 3.60. The van der Waals surface area contributed by atoms with Crippen LogP contribution in [0.1, 0.15) is 56.1 Å². The molecule has 2 amide bonds. The number of rotatable bonds is 6. The minimum Gasteiger partial charge on any atom is -0.481 e. The standard InChI is InChI=1S/C20H25NO2S2.C15H12N2O2/c1-14-7-11-24-18(14)17(19-15(2)8-12-25-19)6-4-10-21-9-3-5-16(13-21)20(22)23;16-15(19)17-12-7-3-1-5-10(12)9-14(18)11-6-2-4-8-13(11)17/h6-8,11-12,16H,3-5,9-10,13H2,1-2H3,(H,22,23);1-8H,9H2,(H2,16,19)/t16-;/m1./s1. The number of anilines is 2. The average molecular weight is 628 g/mol. The number of nitrogens with zero attached hydrogens (tertiary/aromatic N) is 2. The van der Waals surface area contributed by atoms with Gasteiger partial charge in [-0.2, -0.15) is 0 Å². The number of carboxylic acid groups (broad SMARTS) is 1. The normalized spacial score (nSPS) is 16.2. The lowest BCUT2D eigenvalue weighted by molar-refractivity contribution is -0.143. The van der Waals surface area contributed by atoms with Gasteiger partial charge in [-0.3, -0.25) is 14.5 Å². The number of primary amides is 1. The van der Waals surface area contributed by atoms with Crippen LogP contribution in [0.4, 0.5) is 16.2 Å². The van der Waals surface area contributed by atoms with E-state index in [9.17, 15) is 19.5 Å². The zero-order valence-corrected chi connectivity index (χ0v) is 26.6. The highest BCUT2D eigenvalue weighted by atomic mass is 32.1. The molecular weight excluding hydrogens is 591 g/mol. The van der Waals surface area contributed by atoms with Crippen LogP contribution in [0.5, 0.6) is 0 Å². The number of piperidine rings is 1. The molecular formula is C35H37N3O4S2. The fraction of sp³-hybridized carbons (Fsp3) is 0.286. The monoisotopic (exact) mass is 627 g/mol. The van der Waals surface area contributed by atoms with E-state index in [1.54, 1.807) is 53.0 Å². The topological polar surface area (TPSA) is 104 Å². The van der Waals surface area contributed by atoms with Crippen molar-refractivity contribution in [1.29, 1.82) is 0 Å². The summed E-state index contributed by atoms with van der Waals surface area (Å²) in [7, 11) is 0. The fourth-order valence-electron chi connectivity index (χ4n) is 5.86. The SMILES string of the molecule is Cc1ccsc1C(=CCCN1CCC[C@@H](C(=O)O)C1)c1sccc1C.NC(=O)N1c2ccccc2CC(=O)c2ccccc21. The van der Waals surface area contributed by atoms with Crippen molar-refractivity contribution in [2.45, 2.75) is 39.5 Å². The number of carbonyl (C=O) groups is 3. The first-order chi connectivity index (χ1) is 21.2. The summed E-state index contributed by atoms with van der Waals surface area (Å²) in [6.45, 7) is 6.98. The van der Waals surface area contributed by atoms with Crippen molar-refractivity contribution < 1.29 is 19.5 Å². The third kappa shape index (κ3) is 7.01. The number of amides is 2. The summed E-state index contributed by atoms with van der Waals surface area (Å²) in [4.78, 5) is 41.7. The Labute approximate surface area is 266 Å². The molecule has 0 unspecified atom stereocenters. The van der Waals surface area contributed by atoms with Crippen molar-refractivity contribution in [2.75, 3.05) is 24.5 Å². The maximum atomic E-state index is 12.3. The molecule has 1 atom stereocenters. The number of benzene rings is 2. The van der Waals surface area contributed by atoms with Gasteiger partial charge in [0.2, 0.25) is 0 Å². The van der Waals surface area contributed by atoms with Gasteiger partial charge in [0.05, 0.1) is 17.3 Å². The lowest BCUT2D eigenvalue weighted by atomic mass is 9.98. The van der Waals surface area contributed by atoms with Crippen molar-refractivity contribution >= 4 is 57.4 Å². The molecule has 2 aromatic carbocycles. The van der Waals surface area contributed by atoms with E-state index in [0.29, 0.717) is 23.5 Å². The molecule has 1 fully saturated rings. The van der Waals surface area contributed by atoms with Crippen molar-refractivity contribution in [3.05, 3.63) is 110 Å². The first-order valence-corrected chi connectivity index (χ1v) is 16.5. The molecule has 44 heavy (non-hydrogen) atoms. The van der Waals surface area contributed by atoms with Crippen LogP contribution in [0.15, 0.2) is 77.5 Å². The molecule has 2 aliphatic rings. The molecule has 4 aromatic rings. The van der Waals surface area contributed by atoms with E-state index in [0.717, 1.165) is 37.9 Å². The number of fused-ring (bicyclic) bond motifs is 2. The van der Waals surface area contributed by atoms with Gasteiger partial charge in [0.15, 0.2) is 5.78 Å². The Morgan fingerprint density at radius 3 is 2.20 bits per heavy atom. The molecule has 2 aliphatic heterocycles. The Hall–Kier alpha value is -4.05. The molecule has 6 rings (SSSR count). The van der Waals surface area contributed by atoms with E-state index in [1.807, 2.05) is 18.2 Å². The quantitative estimate of drug-likeness (QED) is 0.228. The van der Waals surface area contributed by atoms with Gasteiger partial charge in [0.1, 0.15) is 0 Å². The van der Waals surface area contributed by atoms with E-state index in [1.165, 1.54) is 31.4 Å². The minimum absolute atomic E-state index is 0.00759. The first kappa shape index (κ1) is 31.4. The first-order valence-electron chi connectivity index (χ1n) is 14.8. The Balaban J connectivity index is 0.000000181. The second-order valence-electron chi connectivity index (χ2n) is 11.2. The maximum absolute atomic E-state index is 12.3. The lowest BCUT2D eigenvalue weighted by Crippen LogP contribution is -2.39. The number of carboxylic acids is 1. The average Bonchev–Trinajstić information content (AvgIpc) is 3.61. The summed E-state index contributed by atoms with van der Waals surface area (Å²) in [5.74, 6) is -0.854. The molecule has 1 saturated heterocycles. The lowest BCUT2D eigenvalue weighted by Gasteiger charge is -2.30. The molecule has 0 radical (unpaired) electrons. The number of urea groups is 1. The highest BCUT2D eigenvalue weighted by Gasteiger charge is 2.28. The molecule has 0 saturated carbocycles. The Bertz CT molecular complexity index is 1650. The van der Waals surface area contributed by atoms with Gasteiger partial charge >= 0.3 is 12.0 Å². The number of hydrogen-bond donors (Lipinski definition) is 2. The number of nitrogens with two attached hydrogens (primary N) is 1. The second kappa shape index (κ2) is 14.2. The van der Waals surface area contributed by atoms with E-state index in [4.69, 9.17) is 5.73 Å². The second-order valence-corrected chi connectivity index (χ2v) is 13.0. The van der Waals surface area contributed by atoms with Crippen molar-refractivity contribution in [2.24, 2.45) is 11.7 Å². The highest BCUT2D eigenvalue weighted by Crippen LogP contribution is 2.37. The van der Waals surface area contributed by atoms with Gasteiger partial charge in [-0.05, 0) is 97.4 Å². The number of hydrogen-bond acceptors (Lipinski definition) is 6. The zero-order chi connectivity index (χ0) is 31.2. The van der Waals surface area contributed by atoms with E-state index in [-0.39, 0.29) is 18.1 Å². The minimum atomic E-state index is -0.649. The Morgan fingerprint density at radius 2 is 1.59 bits per heavy atom. The van der Waals surface area contributed by atoms with Gasteiger partial charge < -0.3 is 15.7 Å². The number of thiophene rings is 2. The number of Topliss-reactive ketones (excluding diaryl/α,β-unsaturated/α-hetero) is 1. The number of carbonyl (C=O) groups excluding carboxylic acids is 2. The number of aryl methyl sites for hydroxylation is 2. The van der Waals surface area contributed by atoms with Crippen LogP contribution in [0.25, 0.3) is 5.57 Å². The van der Waals surface area contributed by atoms with Gasteiger partial charge in [-0.15, -0.1) is 22.7 Å². The molecule has 0 spiro atoms. The van der Waals surface area contributed by atoms with Crippen LogP contribution in [0, 0.1) is 19.8 Å². The van der Waals surface area contributed by atoms with Crippen LogP contribution in [0.2, 0.25) is 0 Å². The molecule has 7 nitrogen and oxygen atoms in total. The molecule has 0 bridgehead atoms. The van der Waals surface area contributed by atoms with Crippen LogP contribution >= 0.6 is 22.7 Å². The van der Waals surface area contributed by atoms with Crippen LogP contribution < -0.4 is 10.6 Å². The van der Waals surface area contributed by atoms with Crippen molar-refractivity contribution in [3.63, 3.8) is 0 Å². The van der Waals surface area contributed by atoms with Gasteiger partial charge in [0.25, 0.3) is 0 Å². The predicted molar refractivity (Wildman–Crippen MR) is 179 cm³/mol.